The van der Waals surface area contributed by atoms with Gasteiger partial charge in [0.05, 0.1) is 5.25 Å². The number of nitrogens with zero attached hydrogens (tertiary/aromatic N) is 3. The highest BCUT2D eigenvalue weighted by Crippen LogP contribution is 2.44. The first-order valence-corrected chi connectivity index (χ1v) is 12.2. The molecule has 2 aliphatic rings. The van der Waals surface area contributed by atoms with Gasteiger partial charge in [-0.1, -0.05) is 58.9 Å². The van der Waals surface area contributed by atoms with Crippen LogP contribution in [0.1, 0.15) is 64.0 Å². The van der Waals surface area contributed by atoms with Crippen LogP contribution in [0.25, 0.3) is 0 Å². The van der Waals surface area contributed by atoms with Crippen LogP contribution in [-0.4, -0.2) is 71.0 Å². The smallest absolute Gasteiger partial charge is 0.236 e. The highest BCUT2D eigenvalue weighted by Gasteiger charge is 2.40. The van der Waals surface area contributed by atoms with E-state index in [1.165, 1.54) is 11.1 Å². The van der Waals surface area contributed by atoms with Crippen molar-refractivity contribution in [3.63, 3.8) is 0 Å². The Bertz CT molecular complexity index is 736. The third-order valence-electron chi connectivity index (χ3n) is 6.25. The van der Waals surface area contributed by atoms with Crippen LogP contribution in [0.3, 0.4) is 0 Å². The molecule has 2 atom stereocenters. The lowest BCUT2D eigenvalue weighted by Crippen LogP contribution is -2.50. The van der Waals surface area contributed by atoms with Crippen molar-refractivity contribution >= 4 is 23.6 Å². The summed E-state index contributed by atoms with van der Waals surface area (Å²) in [5, 5.41) is 0.149. The van der Waals surface area contributed by atoms with E-state index in [2.05, 4.69) is 61.8 Å². The Hall–Kier alpha value is -1.53. The van der Waals surface area contributed by atoms with Gasteiger partial charge in [-0.25, -0.2) is 0 Å². The molecule has 1 aromatic rings. The summed E-state index contributed by atoms with van der Waals surface area (Å²) < 4.78 is 0. The Morgan fingerprint density at radius 3 is 2.20 bits per heavy atom. The van der Waals surface area contributed by atoms with Crippen LogP contribution in [0, 0.1) is 0 Å². The van der Waals surface area contributed by atoms with Crippen molar-refractivity contribution < 1.29 is 9.59 Å². The summed E-state index contributed by atoms with van der Waals surface area (Å²) in [6.45, 7) is 15.7. The maximum absolute atomic E-state index is 13.0. The molecular formula is C24H37N3O2S. The van der Waals surface area contributed by atoms with Crippen molar-refractivity contribution in [2.45, 2.75) is 63.5 Å². The van der Waals surface area contributed by atoms with Crippen LogP contribution >= 0.6 is 11.8 Å². The fourth-order valence-corrected chi connectivity index (χ4v) is 5.61. The summed E-state index contributed by atoms with van der Waals surface area (Å²) in [7, 11) is 0. The molecule has 166 valence electrons. The first-order chi connectivity index (χ1) is 14.2. The van der Waals surface area contributed by atoms with Crippen molar-refractivity contribution in [3.05, 3.63) is 35.4 Å². The zero-order chi connectivity index (χ0) is 21.9. The van der Waals surface area contributed by atoms with Crippen LogP contribution in [0.5, 0.6) is 0 Å². The molecule has 2 amide bonds. The van der Waals surface area contributed by atoms with Gasteiger partial charge in [-0.3, -0.25) is 14.5 Å². The zero-order valence-electron chi connectivity index (χ0n) is 19.2. The molecule has 2 saturated heterocycles. The number of carbonyl (C=O) groups is 2. The summed E-state index contributed by atoms with van der Waals surface area (Å²) in [6.07, 6.45) is 1.45. The normalized spacial score (nSPS) is 23.3. The van der Waals surface area contributed by atoms with E-state index in [9.17, 15) is 9.59 Å². The van der Waals surface area contributed by atoms with Crippen molar-refractivity contribution in [2.75, 3.05) is 39.3 Å². The van der Waals surface area contributed by atoms with Gasteiger partial charge in [-0.15, -0.1) is 11.8 Å². The average Bonchev–Trinajstić information content (AvgIpc) is 3.07. The Kier molecular flexibility index (Phi) is 7.51. The molecule has 2 aliphatic heterocycles. The van der Waals surface area contributed by atoms with Gasteiger partial charge < -0.3 is 9.80 Å². The first-order valence-electron chi connectivity index (χ1n) is 11.3. The Balaban J connectivity index is 1.64. The van der Waals surface area contributed by atoms with Gasteiger partial charge >= 0.3 is 0 Å². The highest BCUT2D eigenvalue weighted by molar-refractivity contribution is 8.01. The van der Waals surface area contributed by atoms with E-state index in [0.717, 1.165) is 45.7 Å². The molecule has 6 heteroatoms. The predicted octanol–water partition coefficient (Wildman–Crippen LogP) is 3.89. The van der Waals surface area contributed by atoms with E-state index in [0.29, 0.717) is 6.42 Å². The summed E-state index contributed by atoms with van der Waals surface area (Å²) in [6, 6.07) is 8.82. The van der Waals surface area contributed by atoms with Crippen molar-refractivity contribution in [3.8, 4) is 0 Å². The molecular weight excluding hydrogens is 394 g/mol. The van der Waals surface area contributed by atoms with Gasteiger partial charge in [0.15, 0.2) is 0 Å². The van der Waals surface area contributed by atoms with E-state index in [1.54, 1.807) is 11.8 Å². The molecule has 0 spiro atoms. The third-order valence-corrected chi connectivity index (χ3v) is 7.90. The molecule has 30 heavy (non-hydrogen) atoms. The number of carbonyl (C=O) groups excluding carboxylic acids is 2. The van der Waals surface area contributed by atoms with Gasteiger partial charge in [0.1, 0.15) is 5.37 Å². The number of piperazine rings is 1. The van der Waals surface area contributed by atoms with Gasteiger partial charge in [0.2, 0.25) is 11.8 Å². The number of rotatable bonds is 6. The molecule has 0 radical (unpaired) electrons. The number of hydrogen-bond donors (Lipinski definition) is 0. The molecule has 3 rings (SSSR count). The molecule has 5 nitrogen and oxygen atoms in total. The average molecular weight is 432 g/mol. The summed E-state index contributed by atoms with van der Waals surface area (Å²) in [4.78, 5) is 31.3. The molecule has 0 bridgehead atoms. The lowest BCUT2D eigenvalue weighted by molar-refractivity contribution is -0.132. The minimum Gasteiger partial charge on any atom is -0.340 e. The fraction of sp³-hybridized carbons (Fsp3) is 0.667. The van der Waals surface area contributed by atoms with Crippen molar-refractivity contribution in [2.24, 2.45) is 0 Å². The standard InChI is InChI=1S/C24H37N3O2S/c1-6-20-22(29)27(17-14-25-12-15-26(16-13-25)21(28)7-2)23(30-20)18-8-10-19(11-9-18)24(3,4)5/h8-11,20,23H,6-7,12-17H2,1-5H3/t20-,23-/m1/s1. The lowest BCUT2D eigenvalue weighted by Gasteiger charge is -2.36. The predicted molar refractivity (Wildman–Crippen MR) is 125 cm³/mol. The SMILES string of the molecule is CCC(=O)N1CCN(CCN2C(=O)[C@@H](CC)S[C@@H]2c2ccc(C(C)(C)C)cc2)CC1. The zero-order valence-corrected chi connectivity index (χ0v) is 20.0. The van der Waals surface area contributed by atoms with Gasteiger partial charge in [0.25, 0.3) is 0 Å². The van der Waals surface area contributed by atoms with E-state index in [1.807, 2.05) is 11.8 Å². The van der Waals surface area contributed by atoms with Crippen LogP contribution in [0.2, 0.25) is 0 Å². The lowest BCUT2D eigenvalue weighted by atomic mass is 9.86. The van der Waals surface area contributed by atoms with Gasteiger partial charge in [-0.2, -0.15) is 0 Å². The number of thioether (sulfide) groups is 1. The van der Waals surface area contributed by atoms with Crippen LogP contribution in [-0.2, 0) is 15.0 Å². The monoisotopic (exact) mass is 431 g/mol. The second kappa shape index (κ2) is 9.73. The summed E-state index contributed by atoms with van der Waals surface area (Å²) in [5.74, 6) is 0.512. The third kappa shape index (κ3) is 5.20. The minimum atomic E-state index is 0.0521. The largest absolute Gasteiger partial charge is 0.340 e. The maximum Gasteiger partial charge on any atom is 0.236 e. The minimum absolute atomic E-state index is 0.0521. The molecule has 0 saturated carbocycles. The maximum atomic E-state index is 13.0. The fourth-order valence-electron chi connectivity index (χ4n) is 4.19. The topological polar surface area (TPSA) is 43.9 Å². The van der Waals surface area contributed by atoms with Crippen molar-refractivity contribution in [1.82, 2.24) is 14.7 Å². The van der Waals surface area contributed by atoms with Gasteiger partial charge in [-0.05, 0) is 23.0 Å². The van der Waals surface area contributed by atoms with Crippen LogP contribution < -0.4 is 0 Å². The summed E-state index contributed by atoms with van der Waals surface area (Å²) in [5.41, 5.74) is 2.67. The molecule has 0 unspecified atom stereocenters. The highest BCUT2D eigenvalue weighted by atomic mass is 32.2. The van der Waals surface area contributed by atoms with E-state index < -0.39 is 0 Å². The van der Waals surface area contributed by atoms with E-state index in [-0.39, 0.29) is 27.9 Å². The Morgan fingerprint density at radius 2 is 1.67 bits per heavy atom. The van der Waals surface area contributed by atoms with E-state index in [4.69, 9.17) is 0 Å². The van der Waals surface area contributed by atoms with Crippen molar-refractivity contribution in [1.29, 1.82) is 0 Å². The Labute approximate surface area is 186 Å². The molecule has 0 aromatic heterocycles. The van der Waals surface area contributed by atoms with E-state index >= 15 is 0 Å². The number of amides is 2. The van der Waals surface area contributed by atoms with Crippen LogP contribution in [0.4, 0.5) is 0 Å². The summed E-state index contributed by atoms with van der Waals surface area (Å²) >= 11 is 1.79. The Morgan fingerprint density at radius 1 is 1.03 bits per heavy atom. The van der Waals surface area contributed by atoms with Crippen LogP contribution in [0.15, 0.2) is 24.3 Å². The second-order valence-electron chi connectivity index (χ2n) is 9.36. The first kappa shape index (κ1) is 23.1. The molecule has 2 fully saturated rings. The molecule has 2 heterocycles. The number of benzene rings is 1. The second-order valence-corrected chi connectivity index (χ2v) is 10.7. The molecule has 1 aromatic carbocycles. The number of hydrogen-bond acceptors (Lipinski definition) is 4. The quantitative estimate of drug-likeness (QED) is 0.685. The molecule has 0 aliphatic carbocycles. The molecule has 0 N–H and O–H groups in total. The van der Waals surface area contributed by atoms with Gasteiger partial charge in [0, 0.05) is 45.7 Å².